The lowest BCUT2D eigenvalue weighted by molar-refractivity contribution is 0.555. The van der Waals surface area contributed by atoms with Crippen LogP contribution in [0.25, 0.3) is 0 Å². The predicted octanol–water partition coefficient (Wildman–Crippen LogP) is 4.81. The zero-order chi connectivity index (χ0) is 13.8. The molecule has 0 saturated heterocycles. The van der Waals surface area contributed by atoms with Crippen molar-refractivity contribution in [2.75, 3.05) is 17.2 Å². The van der Waals surface area contributed by atoms with Crippen LogP contribution in [0.3, 0.4) is 0 Å². The van der Waals surface area contributed by atoms with Crippen LogP contribution < -0.4 is 10.6 Å². The molecule has 2 N–H and O–H groups in total. The first-order valence-corrected chi connectivity index (χ1v) is 7.73. The highest BCUT2D eigenvalue weighted by molar-refractivity contribution is 6.37. The SMILES string of the molecule is CCCNc1nc(NC2CCCC2C)c(Cl)cc1Cl. The van der Waals surface area contributed by atoms with Crippen LogP contribution in [-0.2, 0) is 0 Å². The molecule has 0 aliphatic heterocycles. The average molecular weight is 302 g/mol. The number of nitrogens with zero attached hydrogens (tertiary/aromatic N) is 1. The molecule has 2 atom stereocenters. The molecular weight excluding hydrogens is 281 g/mol. The van der Waals surface area contributed by atoms with Crippen LogP contribution in [0, 0.1) is 5.92 Å². The summed E-state index contributed by atoms with van der Waals surface area (Å²) in [6, 6.07) is 2.22. The van der Waals surface area contributed by atoms with Gasteiger partial charge >= 0.3 is 0 Å². The molecule has 1 saturated carbocycles. The third-order valence-corrected chi connectivity index (χ3v) is 4.23. The quantitative estimate of drug-likeness (QED) is 0.819. The molecule has 0 amide bonds. The third-order valence-electron chi connectivity index (χ3n) is 3.66. The van der Waals surface area contributed by atoms with Crippen LogP contribution >= 0.6 is 23.2 Å². The van der Waals surface area contributed by atoms with Crippen LogP contribution in [-0.4, -0.2) is 17.6 Å². The van der Waals surface area contributed by atoms with E-state index in [4.69, 9.17) is 23.2 Å². The van der Waals surface area contributed by atoms with Crippen molar-refractivity contribution in [1.82, 2.24) is 4.98 Å². The standard InChI is InChI=1S/C14H21Cl2N3/c1-3-7-17-13-10(15)8-11(16)14(19-13)18-12-6-4-5-9(12)2/h8-9,12H,3-7H2,1-2H3,(H2,17,18,19). The van der Waals surface area contributed by atoms with E-state index in [1.807, 2.05) is 0 Å². The monoisotopic (exact) mass is 301 g/mol. The lowest BCUT2D eigenvalue weighted by Gasteiger charge is -2.19. The number of hydrogen-bond donors (Lipinski definition) is 2. The lowest BCUT2D eigenvalue weighted by Crippen LogP contribution is -2.23. The molecule has 3 nitrogen and oxygen atoms in total. The molecule has 0 spiro atoms. The average Bonchev–Trinajstić information content (AvgIpc) is 2.77. The highest BCUT2D eigenvalue weighted by Gasteiger charge is 2.24. The van der Waals surface area contributed by atoms with E-state index in [1.54, 1.807) is 6.07 Å². The van der Waals surface area contributed by atoms with Crippen molar-refractivity contribution in [2.24, 2.45) is 5.92 Å². The van der Waals surface area contributed by atoms with Gasteiger partial charge in [-0.3, -0.25) is 0 Å². The number of halogens is 2. The molecule has 1 aliphatic rings. The molecule has 0 bridgehead atoms. The maximum atomic E-state index is 6.22. The van der Waals surface area contributed by atoms with Gasteiger partial charge in [-0.1, -0.05) is 43.5 Å². The van der Waals surface area contributed by atoms with E-state index in [-0.39, 0.29) is 0 Å². The zero-order valence-corrected chi connectivity index (χ0v) is 13.0. The Kier molecular flexibility index (Phi) is 5.17. The molecule has 0 aromatic carbocycles. The van der Waals surface area contributed by atoms with Crippen molar-refractivity contribution in [1.29, 1.82) is 0 Å². The number of hydrogen-bond acceptors (Lipinski definition) is 3. The van der Waals surface area contributed by atoms with Gasteiger partial charge in [-0.15, -0.1) is 0 Å². The first-order valence-electron chi connectivity index (χ1n) is 6.98. The van der Waals surface area contributed by atoms with Gasteiger partial charge in [0.25, 0.3) is 0 Å². The van der Waals surface area contributed by atoms with Gasteiger partial charge in [0.2, 0.25) is 0 Å². The van der Waals surface area contributed by atoms with E-state index in [2.05, 4.69) is 29.5 Å². The molecule has 0 radical (unpaired) electrons. The van der Waals surface area contributed by atoms with Crippen molar-refractivity contribution >= 4 is 34.8 Å². The fourth-order valence-corrected chi connectivity index (χ4v) is 2.95. The van der Waals surface area contributed by atoms with Gasteiger partial charge in [-0.25, -0.2) is 4.98 Å². The maximum Gasteiger partial charge on any atom is 0.147 e. The van der Waals surface area contributed by atoms with Gasteiger partial charge in [0.1, 0.15) is 11.6 Å². The van der Waals surface area contributed by atoms with E-state index in [1.165, 1.54) is 19.3 Å². The first-order chi connectivity index (χ1) is 9.11. The molecule has 1 fully saturated rings. The number of nitrogens with one attached hydrogen (secondary N) is 2. The predicted molar refractivity (Wildman–Crippen MR) is 83.5 cm³/mol. The van der Waals surface area contributed by atoms with Gasteiger partial charge in [0.05, 0.1) is 10.0 Å². The van der Waals surface area contributed by atoms with Crippen LogP contribution in [0.15, 0.2) is 6.07 Å². The summed E-state index contributed by atoms with van der Waals surface area (Å²) < 4.78 is 0. The summed E-state index contributed by atoms with van der Waals surface area (Å²) in [5, 5.41) is 7.85. The van der Waals surface area contributed by atoms with E-state index in [9.17, 15) is 0 Å². The molecule has 2 unspecified atom stereocenters. The first kappa shape index (κ1) is 14.7. The Bertz CT molecular complexity index is 437. The smallest absolute Gasteiger partial charge is 0.147 e. The lowest BCUT2D eigenvalue weighted by atomic mass is 10.1. The van der Waals surface area contributed by atoms with Crippen molar-refractivity contribution in [2.45, 2.75) is 45.6 Å². The summed E-state index contributed by atoms with van der Waals surface area (Å²) in [7, 11) is 0. The molecule has 1 aliphatic carbocycles. The van der Waals surface area contributed by atoms with Crippen molar-refractivity contribution in [3.8, 4) is 0 Å². The van der Waals surface area contributed by atoms with Crippen molar-refractivity contribution in [3.05, 3.63) is 16.1 Å². The third kappa shape index (κ3) is 3.67. The van der Waals surface area contributed by atoms with E-state index in [0.717, 1.165) is 18.8 Å². The second-order valence-electron chi connectivity index (χ2n) is 5.24. The minimum absolute atomic E-state index is 0.463. The summed E-state index contributed by atoms with van der Waals surface area (Å²) in [4.78, 5) is 4.52. The molecule has 2 rings (SSSR count). The van der Waals surface area contributed by atoms with Crippen LogP contribution in [0.5, 0.6) is 0 Å². The van der Waals surface area contributed by atoms with Crippen LogP contribution in [0.4, 0.5) is 11.6 Å². The fraction of sp³-hybridized carbons (Fsp3) is 0.643. The Labute approximate surface area is 125 Å². The molecule has 1 aromatic heterocycles. The van der Waals surface area contributed by atoms with Crippen molar-refractivity contribution < 1.29 is 0 Å². The Morgan fingerprint density at radius 2 is 2.00 bits per heavy atom. The Morgan fingerprint density at radius 1 is 1.26 bits per heavy atom. The summed E-state index contributed by atoms with van der Waals surface area (Å²) in [5.74, 6) is 2.12. The minimum Gasteiger partial charge on any atom is -0.369 e. The molecule has 106 valence electrons. The van der Waals surface area contributed by atoms with Gasteiger partial charge in [0, 0.05) is 12.6 Å². The van der Waals surface area contributed by atoms with E-state index >= 15 is 0 Å². The van der Waals surface area contributed by atoms with Gasteiger partial charge in [0.15, 0.2) is 0 Å². The fourth-order valence-electron chi connectivity index (χ4n) is 2.47. The Balaban J connectivity index is 2.14. The highest BCUT2D eigenvalue weighted by Crippen LogP contribution is 2.33. The molecule has 19 heavy (non-hydrogen) atoms. The van der Waals surface area contributed by atoms with Crippen molar-refractivity contribution in [3.63, 3.8) is 0 Å². The maximum absolute atomic E-state index is 6.22. The van der Waals surface area contributed by atoms with E-state index in [0.29, 0.717) is 27.8 Å². The molecule has 1 aromatic rings. The summed E-state index contributed by atoms with van der Waals surface area (Å²) in [6.07, 6.45) is 4.75. The molecule has 1 heterocycles. The normalized spacial score (nSPS) is 22.5. The highest BCUT2D eigenvalue weighted by atomic mass is 35.5. The van der Waals surface area contributed by atoms with Crippen LogP contribution in [0.1, 0.15) is 39.5 Å². The molecular formula is C14H21Cl2N3. The summed E-state index contributed by atoms with van der Waals surface area (Å²) in [5.41, 5.74) is 0. The van der Waals surface area contributed by atoms with Gasteiger partial charge in [-0.2, -0.15) is 0 Å². The second kappa shape index (κ2) is 6.67. The van der Waals surface area contributed by atoms with Gasteiger partial charge in [-0.05, 0) is 31.2 Å². The Morgan fingerprint density at radius 3 is 2.63 bits per heavy atom. The zero-order valence-electron chi connectivity index (χ0n) is 11.5. The number of pyridine rings is 1. The number of aromatic nitrogens is 1. The number of anilines is 2. The summed E-state index contributed by atoms with van der Waals surface area (Å²) in [6.45, 7) is 5.23. The molecule has 5 heteroatoms. The summed E-state index contributed by atoms with van der Waals surface area (Å²) >= 11 is 12.4. The minimum atomic E-state index is 0.463. The topological polar surface area (TPSA) is 37.0 Å². The van der Waals surface area contributed by atoms with Crippen LogP contribution in [0.2, 0.25) is 10.0 Å². The second-order valence-corrected chi connectivity index (χ2v) is 6.05. The van der Waals surface area contributed by atoms with E-state index < -0.39 is 0 Å². The Hall–Kier alpha value is -0.670. The largest absolute Gasteiger partial charge is 0.369 e. The van der Waals surface area contributed by atoms with Gasteiger partial charge < -0.3 is 10.6 Å². The number of rotatable bonds is 5.